The number of hydrogen-bond acceptors (Lipinski definition) is 3. The molecule has 4 nitrogen and oxygen atoms in total. The second kappa shape index (κ2) is 7.45. The molecule has 0 spiro atoms. The fourth-order valence-electron chi connectivity index (χ4n) is 1.62. The summed E-state index contributed by atoms with van der Waals surface area (Å²) in [5.74, 6) is -0.116. The Bertz CT molecular complexity index is 512. The zero-order valence-corrected chi connectivity index (χ0v) is 11.7. The molecule has 5 heteroatoms. The highest BCUT2D eigenvalue weighted by molar-refractivity contribution is 6.18. The summed E-state index contributed by atoms with van der Waals surface area (Å²) in [6.45, 7) is 4.31. The molecular weight excluding hydrogens is 262 g/mol. The van der Waals surface area contributed by atoms with Crippen molar-refractivity contribution in [2.45, 2.75) is 13.8 Å². The summed E-state index contributed by atoms with van der Waals surface area (Å²) < 4.78 is 0. The molecule has 1 aromatic rings. The van der Waals surface area contributed by atoms with Crippen LogP contribution in [0.2, 0.25) is 0 Å². The molecule has 0 aliphatic rings. The number of rotatable bonds is 5. The third-order valence-electron chi connectivity index (χ3n) is 2.35. The molecule has 0 atom stereocenters. The fraction of sp³-hybridized carbons (Fsp3) is 0.286. The molecule has 1 aromatic carbocycles. The highest BCUT2D eigenvalue weighted by atomic mass is 35.5. The topological polar surface area (TPSA) is 64.9 Å². The molecular formula is C14H16ClN3O. The largest absolute Gasteiger partial charge is 0.360 e. The first-order valence-corrected chi connectivity index (χ1v) is 6.39. The van der Waals surface area contributed by atoms with E-state index in [2.05, 4.69) is 10.6 Å². The molecule has 0 heterocycles. The van der Waals surface area contributed by atoms with Crippen LogP contribution in [0.1, 0.15) is 11.1 Å². The molecule has 1 amide bonds. The summed E-state index contributed by atoms with van der Waals surface area (Å²) in [5, 5.41) is 14.4. The summed E-state index contributed by atoms with van der Waals surface area (Å²) in [5.41, 5.74) is 3.08. The number of benzene rings is 1. The summed E-state index contributed by atoms with van der Waals surface area (Å²) >= 11 is 5.47. The predicted molar refractivity (Wildman–Crippen MR) is 77.0 cm³/mol. The number of halogens is 1. The van der Waals surface area contributed by atoms with Crippen LogP contribution in [-0.4, -0.2) is 18.3 Å². The number of alkyl halides is 1. The van der Waals surface area contributed by atoms with Crippen molar-refractivity contribution in [1.82, 2.24) is 5.32 Å². The zero-order valence-electron chi connectivity index (χ0n) is 11.0. The lowest BCUT2D eigenvalue weighted by Gasteiger charge is -2.06. The van der Waals surface area contributed by atoms with Crippen LogP contribution < -0.4 is 10.6 Å². The molecule has 0 saturated carbocycles. The predicted octanol–water partition coefficient (Wildman–Crippen LogP) is 2.48. The molecule has 0 radical (unpaired) electrons. The standard InChI is InChI=1S/C14H16ClN3O/c1-10-5-11(2)7-13(6-10)18-9-12(8-16)14(19)17-4-3-15/h5-7,9,18H,3-4H2,1-2H3,(H,17,19)/b12-9-. The van der Waals surface area contributed by atoms with E-state index in [1.54, 1.807) is 0 Å². The maximum Gasteiger partial charge on any atom is 0.263 e. The smallest absolute Gasteiger partial charge is 0.263 e. The van der Waals surface area contributed by atoms with Gasteiger partial charge in [-0.3, -0.25) is 4.79 Å². The second-order valence-corrected chi connectivity index (χ2v) is 4.51. The number of nitrogens with zero attached hydrogens (tertiary/aromatic N) is 1. The van der Waals surface area contributed by atoms with Crippen LogP contribution in [-0.2, 0) is 4.79 Å². The van der Waals surface area contributed by atoms with E-state index < -0.39 is 5.91 Å². The molecule has 0 aliphatic heterocycles. The molecule has 0 saturated heterocycles. The van der Waals surface area contributed by atoms with Crippen molar-refractivity contribution < 1.29 is 4.79 Å². The Morgan fingerprint density at radius 2 is 2.00 bits per heavy atom. The van der Waals surface area contributed by atoms with Gasteiger partial charge in [-0.2, -0.15) is 5.26 Å². The van der Waals surface area contributed by atoms with Gasteiger partial charge in [0.1, 0.15) is 11.6 Å². The van der Waals surface area contributed by atoms with Crippen LogP contribution in [0.25, 0.3) is 0 Å². The highest BCUT2D eigenvalue weighted by Crippen LogP contribution is 2.14. The van der Waals surface area contributed by atoms with Gasteiger partial charge in [0.25, 0.3) is 5.91 Å². The summed E-state index contributed by atoms with van der Waals surface area (Å²) in [7, 11) is 0. The molecule has 0 aliphatic carbocycles. The van der Waals surface area contributed by atoms with Gasteiger partial charge in [-0.15, -0.1) is 11.6 Å². The van der Waals surface area contributed by atoms with E-state index in [1.807, 2.05) is 38.1 Å². The normalized spacial score (nSPS) is 10.7. The van der Waals surface area contributed by atoms with Crippen LogP contribution in [0, 0.1) is 25.2 Å². The second-order valence-electron chi connectivity index (χ2n) is 4.14. The molecule has 100 valence electrons. The van der Waals surface area contributed by atoms with Gasteiger partial charge in [0.2, 0.25) is 0 Å². The van der Waals surface area contributed by atoms with Gasteiger partial charge in [0.15, 0.2) is 0 Å². The maximum atomic E-state index is 11.6. The molecule has 1 rings (SSSR count). The average molecular weight is 278 g/mol. The monoisotopic (exact) mass is 277 g/mol. The van der Waals surface area contributed by atoms with Gasteiger partial charge in [-0.1, -0.05) is 6.07 Å². The van der Waals surface area contributed by atoms with Gasteiger partial charge >= 0.3 is 0 Å². The van der Waals surface area contributed by atoms with E-state index >= 15 is 0 Å². The number of carbonyl (C=O) groups excluding carboxylic acids is 1. The third kappa shape index (κ3) is 5.02. The van der Waals surface area contributed by atoms with Gasteiger partial charge in [-0.05, 0) is 37.1 Å². The van der Waals surface area contributed by atoms with Crippen molar-refractivity contribution in [3.8, 4) is 6.07 Å². The van der Waals surface area contributed by atoms with Crippen LogP contribution in [0.3, 0.4) is 0 Å². The first-order chi connectivity index (χ1) is 9.06. The van der Waals surface area contributed by atoms with Crippen LogP contribution in [0.15, 0.2) is 30.0 Å². The number of anilines is 1. The van der Waals surface area contributed by atoms with Gasteiger partial charge in [0, 0.05) is 24.3 Å². The summed E-state index contributed by atoms with van der Waals surface area (Å²) in [6, 6.07) is 7.78. The van der Waals surface area contributed by atoms with Crippen molar-refractivity contribution in [1.29, 1.82) is 5.26 Å². The number of hydrogen-bond donors (Lipinski definition) is 2. The SMILES string of the molecule is Cc1cc(C)cc(N/C=C(/C#N)C(=O)NCCCl)c1. The molecule has 2 N–H and O–H groups in total. The van der Waals surface area contributed by atoms with Crippen molar-refractivity contribution >= 4 is 23.2 Å². The van der Waals surface area contributed by atoms with Crippen molar-refractivity contribution in [3.05, 3.63) is 41.1 Å². The Balaban J connectivity index is 2.77. The van der Waals surface area contributed by atoms with Crippen molar-refractivity contribution in [3.63, 3.8) is 0 Å². The molecule has 0 bridgehead atoms. The lowest BCUT2D eigenvalue weighted by atomic mass is 10.1. The van der Waals surface area contributed by atoms with E-state index in [1.165, 1.54) is 6.20 Å². The van der Waals surface area contributed by atoms with E-state index in [0.29, 0.717) is 12.4 Å². The minimum Gasteiger partial charge on any atom is -0.360 e. The Morgan fingerprint density at radius 3 is 2.53 bits per heavy atom. The first kappa shape index (κ1) is 15.1. The minimum atomic E-state index is -0.431. The van der Waals surface area contributed by atoms with Crippen LogP contribution in [0.4, 0.5) is 5.69 Å². The first-order valence-electron chi connectivity index (χ1n) is 5.86. The lowest BCUT2D eigenvalue weighted by molar-refractivity contribution is -0.117. The van der Waals surface area contributed by atoms with Crippen molar-refractivity contribution in [2.24, 2.45) is 0 Å². The van der Waals surface area contributed by atoms with E-state index in [4.69, 9.17) is 16.9 Å². The van der Waals surface area contributed by atoms with Crippen molar-refractivity contribution in [2.75, 3.05) is 17.7 Å². The number of amides is 1. The Kier molecular flexibility index (Phi) is 5.91. The Morgan fingerprint density at radius 1 is 1.37 bits per heavy atom. The molecule has 0 aromatic heterocycles. The molecule has 19 heavy (non-hydrogen) atoms. The molecule has 0 fully saturated rings. The summed E-state index contributed by atoms with van der Waals surface area (Å²) in [4.78, 5) is 11.6. The number of nitrogens with one attached hydrogen (secondary N) is 2. The Labute approximate surface area is 118 Å². The lowest BCUT2D eigenvalue weighted by Crippen LogP contribution is -2.26. The number of aryl methyl sites for hydroxylation is 2. The quantitative estimate of drug-likeness (QED) is 0.494. The van der Waals surface area contributed by atoms with Crippen LogP contribution >= 0.6 is 11.6 Å². The van der Waals surface area contributed by atoms with Crippen LogP contribution in [0.5, 0.6) is 0 Å². The fourth-order valence-corrected chi connectivity index (χ4v) is 1.71. The third-order valence-corrected chi connectivity index (χ3v) is 2.54. The zero-order chi connectivity index (χ0) is 14.3. The van der Waals surface area contributed by atoms with Gasteiger partial charge in [-0.25, -0.2) is 0 Å². The summed E-state index contributed by atoms with van der Waals surface area (Å²) in [6.07, 6.45) is 1.40. The van der Waals surface area contributed by atoms with Gasteiger partial charge < -0.3 is 10.6 Å². The van der Waals surface area contributed by atoms with E-state index in [9.17, 15) is 4.79 Å². The average Bonchev–Trinajstić information content (AvgIpc) is 2.35. The Hall–Kier alpha value is -1.99. The minimum absolute atomic E-state index is 0.0178. The number of carbonyl (C=O) groups is 1. The van der Waals surface area contributed by atoms with E-state index in [0.717, 1.165) is 16.8 Å². The highest BCUT2D eigenvalue weighted by Gasteiger charge is 2.07. The number of nitriles is 1. The maximum absolute atomic E-state index is 11.6. The van der Waals surface area contributed by atoms with Gasteiger partial charge in [0.05, 0.1) is 0 Å². The van der Waals surface area contributed by atoms with E-state index in [-0.39, 0.29) is 5.57 Å². The molecule has 0 unspecified atom stereocenters.